The van der Waals surface area contributed by atoms with Gasteiger partial charge in [0.25, 0.3) is 0 Å². The second-order valence-corrected chi connectivity index (χ2v) is 19.4. The highest BCUT2D eigenvalue weighted by molar-refractivity contribution is 6.31. The third kappa shape index (κ3) is 6.33. The maximum atomic E-state index is 6.89. The summed E-state index contributed by atoms with van der Waals surface area (Å²) in [4.78, 5) is 16.0. The Labute approximate surface area is 434 Å². The maximum absolute atomic E-state index is 6.89. The van der Waals surface area contributed by atoms with Crippen molar-refractivity contribution in [1.82, 2.24) is 24.1 Å². The predicted molar refractivity (Wildman–Crippen MR) is 310 cm³/mol. The first-order valence-corrected chi connectivity index (χ1v) is 25.6. The first-order valence-electron chi connectivity index (χ1n) is 25.6. The topological polar surface area (TPSA) is 74.8 Å². The minimum absolute atomic E-state index is 0.553. The average molecular weight is 972 g/mol. The quantitative estimate of drug-likeness (QED) is 0.159. The molecule has 0 saturated heterocycles. The van der Waals surface area contributed by atoms with Gasteiger partial charge in [-0.1, -0.05) is 170 Å². The van der Waals surface area contributed by atoms with Crippen LogP contribution in [-0.4, -0.2) is 24.1 Å². The number of nitrogens with zero attached hydrogens (tertiary/aromatic N) is 5. The number of rotatable bonds is 7. The van der Waals surface area contributed by atoms with E-state index in [1.807, 2.05) is 36.4 Å². The van der Waals surface area contributed by atoms with Crippen LogP contribution in [0.5, 0.6) is 0 Å². The highest BCUT2D eigenvalue weighted by atomic mass is 16.3. The lowest BCUT2D eigenvalue weighted by Crippen LogP contribution is -2.01. The molecule has 7 heteroatoms. The molecule has 0 amide bonds. The molecule has 76 heavy (non-hydrogen) atoms. The summed E-state index contributed by atoms with van der Waals surface area (Å²) in [6, 6.07) is 87.1. The van der Waals surface area contributed by atoms with Crippen LogP contribution in [0.1, 0.15) is 0 Å². The molecule has 16 aromatic rings. The van der Waals surface area contributed by atoms with Crippen LogP contribution in [0, 0.1) is 0 Å². The Morgan fingerprint density at radius 2 is 0.684 bits per heavy atom. The predicted octanol–water partition coefficient (Wildman–Crippen LogP) is 18.2. The molecule has 0 aliphatic heterocycles. The fraction of sp³-hybridized carbons (Fsp3) is 0. The third-order valence-corrected chi connectivity index (χ3v) is 15.2. The summed E-state index contributed by atoms with van der Waals surface area (Å²) in [6.45, 7) is 0. The van der Waals surface area contributed by atoms with Gasteiger partial charge in [-0.25, -0.2) is 15.0 Å². The lowest BCUT2D eigenvalue weighted by molar-refractivity contribution is 0.669. The van der Waals surface area contributed by atoms with Gasteiger partial charge >= 0.3 is 0 Å². The van der Waals surface area contributed by atoms with Crippen LogP contribution in [-0.2, 0) is 0 Å². The van der Waals surface area contributed by atoms with Gasteiger partial charge in [0.1, 0.15) is 22.3 Å². The number of para-hydroxylation sites is 4. The van der Waals surface area contributed by atoms with Crippen LogP contribution in [0.4, 0.5) is 0 Å². The second-order valence-electron chi connectivity index (χ2n) is 19.4. The van der Waals surface area contributed by atoms with Crippen molar-refractivity contribution < 1.29 is 8.83 Å². The lowest BCUT2D eigenvalue weighted by Gasteiger charge is -2.15. The van der Waals surface area contributed by atoms with E-state index in [1.165, 1.54) is 0 Å². The largest absolute Gasteiger partial charge is 0.456 e. The number of furan rings is 2. The normalized spacial score (nSPS) is 11.9. The summed E-state index contributed by atoms with van der Waals surface area (Å²) in [6.07, 6.45) is 0. The summed E-state index contributed by atoms with van der Waals surface area (Å²) in [5.41, 5.74) is 16.6. The fourth-order valence-corrected chi connectivity index (χ4v) is 12.0. The Hall–Kier alpha value is -10.4. The Balaban J connectivity index is 1.01. The Morgan fingerprint density at radius 1 is 0.250 bits per heavy atom. The van der Waals surface area contributed by atoms with E-state index in [4.69, 9.17) is 23.8 Å². The first-order chi connectivity index (χ1) is 37.7. The molecule has 11 aromatic carbocycles. The molecule has 0 aliphatic rings. The molecular weight excluding hydrogens is 931 g/mol. The van der Waals surface area contributed by atoms with Gasteiger partial charge in [0.05, 0.1) is 22.1 Å². The van der Waals surface area contributed by atoms with Crippen LogP contribution < -0.4 is 0 Å². The zero-order valence-corrected chi connectivity index (χ0v) is 40.7. The number of fused-ring (bicyclic) bond motifs is 14. The van der Waals surface area contributed by atoms with Crippen LogP contribution >= 0.6 is 0 Å². The van der Waals surface area contributed by atoms with Gasteiger partial charge in [-0.2, -0.15) is 0 Å². The van der Waals surface area contributed by atoms with Gasteiger partial charge in [0.2, 0.25) is 0 Å². The number of hydrogen-bond acceptors (Lipinski definition) is 5. The minimum Gasteiger partial charge on any atom is -0.456 e. The van der Waals surface area contributed by atoms with Crippen molar-refractivity contribution >= 4 is 87.5 Å². The zero-order valence-electron chi connectivity index (χ0n) is 40.7. The molecule has 0 radical (unpaired) electrons. The van der Waals surface area contributed by atoms with Gasteiger partial charge in [-0.15, -0.1) is 0 Å². The van der Waals surface area contributed by atoms with Crippen LogP contribution in [0.25, 0.3) is 155 Å². The molecular formula is C69H41N5O2. The molecule has 0 unspecified atom stereocenters. The Morgan fingerprint density at radius 3 is 1.21 bits per heavy atom. The molecule has 7 nitrogen and oxygen atoms in total. The monoisotopic (exact) mass is 971 g/mol. The van der Waals surface area contributed by atoms with E-state index in [2.05, 4.69) is 221 Å². The third-order valence-electron chi connectivity index (χ3n) is 15.2. The first kappa shape index (κ1) is 42.2. The van der Waals surface area contributed by atoms with Crippen molar-refractivity contribution in [3.63, 3.8) is 0 Å². The van der Waals surface area contributed by atoms with Crippen LogP contribution in [0.2, 0.25) is 0 Å². The maximum Gasteiger partial charge on any atom is 0.164 e. The molecule has 0 aliphatic carbocycles. The zero-order chi connectivity index (χ0) is 49.8. The minimum atomic E-state index is 0.553. The highest BCUT2D eigenvalue weighted by Crippen LogP contribution is 2.49. The van der Waals surface area contributed by atoms with Crippen LogP contribution in [0.15, 0.2) is 258 Å². The molecule has 5 heterocycles. The Kier molecular flexibility index (Phi) is 9.20. The van der Waals surface area contributed by atoms with Crippen LogP contribution in [0.3, 0.4) is 0 Å². The van der Waals surface area contributed by atoms with E-state index in [-0.39, 0.29) is 0 Å². The van der Waals surface area contributed by atoms with Crippen molar-refractivity contribution in [3.05, 3.63) is 249 Å². The van der Waals surface area contributed by atoms with E-state index in [1.54, 1.807) is 0 Å². The molecule has 0 saturated carbocycles. The summed E-state index contributed by atoms with van der Waals surface area (Å²) in [7, 11) is 0. The van der Waals surface area contributed by atoms with Gasteiger partial charge in [0.15, 0.2) is 17.5 Å². The van der Waals surface area contributed by atoms with Crippen molar-refractivity contribution in [2.45, 2.75) is 0 Å². The highest BCUT2D eigenvalue weighted by Gasteiger charge is 2.26. The smallest absolute Gasteiger partial charge is 0.164 e. The molecule has 0 bridgehead atoms. The van der Waals surface area contributed by atoms with Crippen molar-refractivity contribution in [2.24, 2.45) is 0 Å². The second kappa shape index (κ2) is 16.6. The average Bonchev–Trinajstić information content (AvgIpc) is 4.38. The van der Waals surface area contributed by atoms with E-state index in [0.717, 1.165) is 138 Å². The van der Waals surface area contributed by atoms with E-state index in [9.17, 15) is 0 Å². The molecule has 354 valence electrons. The standard InChI is InChI=1S/C69H41N5O2/c1-5-19-42(20-6-1)67-70-68(43-21-7-2-8-22-43)72-69(71-67)52-41-44(47-29-17-33-57-63(47)65-59(75-57)39-37-55-61(65)50-27-13-15-31-53(50)73(55)45-23-9-3-10-24-45)35-36-48(52)49-30-18-34-58-64(49)66-60(76-58)40-38-56-62(66)51-28-14-16-32-54(51)74(56)46-25-11-4-12-26-46/h1-41H. The van der Waals surface area contributed by atoms with Crippen molar-refractivity contribution in [2.75, 3.05) is 0 Å². The fourth-order valence-electron chi connectivity index (χ4n) is 12.0. The molecule has 5 aromatic heterocycles. The number of aromatic nitrogens is 5. The van der Waals surface area contributed by atoms with Gasteiger partial charge < -0.3 is 18.0 Å². The molecule has 0 atom stereocenters. The van der Waals surface area contributed by atoms with E-state index < -0.39 is 0 Å². The molecule has 0 spiro atoms. The number of benzene rings is 11. The van der Waals surface area contributed by atoms with Gasteiger partial charge in [-0.3, -0.25) is 0 Å². The van der Waals surface area contributed by atoms with Crippen molar-refractivity contribution in [3.8, 4) is 67.8 Å². The van der Waals surface area contributed by atoms with Gasteiger partial charge in [0, 0.05) is 71.2 Å². The summed E-state index contributed by atoms with van der Waals surface area (Å²) >= 11 is 0. The SMILES string of the molecule is c1ccc(-c2nc(-c3ccccc3)nc(-c3cc(-c4cccc5oc6ccc7c(c8ccccc8n7-c7ccccc7)c6c45)ccc3-c3cccc4oc5ccc6c(c7ccccc7n6-c6ccccc6)c5c34)n2)cc1. The molecule has 0 fully saturated rings. The number of hydrogen-bond donors (Lipinski definition) is 0. The van der Waals surface area contributed by atoms with E-state index >= 15 is 0 Å². The molecule has 0 N–H and O–H groups in total. The van der Waals surface area contributed by atoms with E-state index in [0.29, 0.717) is 17.5 Å². The Bertz CT molecular complexity index is 4920. The van der Waals surface area contributed by atoms with Gasteiger partial charge in [-0.05, 0) is 101 Å². The van der Waals surface area contributed by atoms with Crippen molar-refractivity contribution in [1.29, 1.82) is 0 Å². The lowest BCUT2D eigenvalue weighted by atomic mass is 9.90. The summed E-state index contributed by atoms with van der Waals surface area (Å²) in [5, 5.41) is 8.80. The molecule has 16 rings (SSSR count). The summed E-state index contributed by atoms with van der Waals surface area (Å²) < 4.78 is 18.5. The summed E-state index contributed by atoms with van der Waals surface area (Å²) in [5.74, 6) is 1.73.